The van der Waals surface area contributed by atoms with Crippen LogP contribution in [-0.4, -0.2) is 62.2 Å². The molecule has 0 radical (unpaired) electrons. The van der Waals surface area contributed by atoms with Gasteiger partial charge in [0.25, 0.3) is 0 Å². The summed E-state index contributed by atoms with van der Waals surface area (Å²) < 4.78 is 5.72. The number of nitrogens with one attached hydrogen (secondary N) is 2. The highest BCUT2D eigenvalue weighted by Gasteiger charge is 2.58. The standard InChI is InChI=1S/C19H36N4O2.HI/c1-18(2)15(12-19(18,3)25-6)22-17(20-13-16(24)23(4)5)21-14-10-8-7-9-11-14;/h14-15H,7-13H2,1-6H3,(H2,20,21,22);1H. The molecule has 0 aromatic carbocycles. The predicted molar refractivity (Wildman–Crippen MR) is 117 cm³/mol. The van der Waals surface area contributed by atoms with Gasteiger partial charge in [-0.15, -0.1) is 24.0 Å². The van der Waals surface area contributed by atoms with Crippen LogP contribution in [0.2, 0.25) is 0 Å². The van der Waals surface area contributed by atoms with Gasteiger partial charge in [0.1, 0.15) is 6.54 Å². The Kier molecular flexibility index (Phi) is 8.64. The predicted octanol–water partition coefficient (Wildman–Crippen LogP) is 2.76. The van der Waals surface area contributed by atoms with E-state index in [2.05, 4.69) is 36.4 Å². The third-order valence-electron chi connectivity index (χ3n) is 6.41. The molecule has 0 aromatic rings. The zero-order valence-corrected chi connectivity index (χ0v) is 19.6. The van der Waals surface area contributed by atoms with Crippen LogP contribution in [0.4, 0.5) is 0 Å². The van der Waals surface area contributed by atoms with Gasteiger partial charge >= 0.3 is 0 Å². The Balaban J connectivity index is 0.00000338. The second-order valence-corrected chi connectivity index (χ2v) is 8.49. The molecule has 7 heteroatoms. The average molecular weight is 480 g/mol. The van der Waals surface area contributed by atoms with Crippen molar-refractivity contribution < 1.29 is 9.53 Å². The molecular formula is C19H37IN4O2. The SMILES string of the molecule is COC1(C)CC(NC(=NCC(=O)N(C)C)NC2CCCCC2)C1(C)C.I. The van der Waals surface area contributed by atoms with E-state index >= 15 is 0 Å². The largest absolute Gasteiger partial charge is 0.378 e. The summed E-state index contributed by atoms with van der Waals surface area (Å²) in [6.45, 7) is 6.78. The van der Waals surface area contributed by atoms with Gasteiger partial charge in [-0.1, -0.05) is 33.1 Å². The van der Waals surface area contributed by atoms with Gasteiger partial charge in [0, 0.05) is 38.7 Å². The molecule has 0 spiro atoms. The van der Waals surface area contributed by atoms with Gasteiger partial charge in [0.15, 0.2) is 5.96 Å². The first-order valence-electron chi connectivity index (χ1n) is 9.52. The molecule has 26 heavy (non-hydrogen) atoms. The van der Waals surface area contributed by atoms with Crippen LogP contribution >= 0.6 is 24.0 Å². The number of hydrogen-bond donors (Lipinski definition) is 2. The highest BCUT2D eigenvalue weighted by molar-refractivity contribution is 14.0. The number of ether oxygens (including phenoxy) is 1. The molecule has 0 bridgehead atoms. The molecule has 6 nitrogen and oxygen atoms in total. The molecule has 0 aromatic heterocycles. The molecular weight excluding hydrogens is 443 g/mol. The summed E-state index contributed by atoms with van der Waals surface area (Å²) in [4.78, 5) is 18.1. The van der Waals surface area contributed by atoms with Crippen LogP contribution < -0.4 is 10.6 Å². The Bertz CT molecular complexity index is 504. The second kappa shape index (κ2) is 9.57. The van der Waals surface area contributed by atoms with Gasteiger partial charge < -0.3 is 20.3 Å². The van der Waals surface area contributed by atoms with Crippen molar-refractivity contribution in [2.24, 2.45) is 10.4 Å². The van der Waals surface area contributed by atoms with Gasteiger partial charge in [-0.2, -0.15) is 0 Å². The van der Waals surface area contributed by atoms with Crippen LogP contribution in [0.1, 0.15) is 59.3 Å². The van der Waals surface area contributed by atoms with Crippen molar-refractivity contribution in [2.75, 3.05) is 27.7 Å². The molecule has 2 N–H and O–H groups in total. The molecule has 2 rings (SSSR count). The lowest BCUT2D eigenvalue weighted by atomic mass is 9.56. The van der Waals surface area contributed by atoms with Gasteiger partial charge in [-0.3, -0.25) is 4.79 Å². The second-order valence-electron chi connectivity index (χ2n) is 8.49. The minimum atomic E-state index is -0.125. The molecule has 1 amide bonds. The number of halogens is 1. The summed E-state index contributed by atoms with van der Waals surface area (Å²) in [6, 6.07) is 0.730. The average Bonchev–Trinajstić information content (AvgIpc) is 2.59. The smallest absolute Gasteiger partial charge is 0.243 e. The number of rotatable bonds is 5. The molecule has 2 unspecified atom stereocenters. The fraction of sp³-hybridized carbons (Fsp3) is 0.895. The molecule has 2 atom stereocenters. The third kappa shape index (κ3) is 5.24. The molecule has 0 heterocycles. The van der Waals surface area contributed by atoms with E-state index in [1.54, 1.807) is 26.1 Å². The minimum absolute atomic E-state index is 0. The van der Waals surface area contributed by atoms with Gasteiger partial charge in [-0.25, -0.2) is 4.99 Å². The van der Waals surface area contributed by atoms with Crippen LogP contribution in [0.5, 0.6) is 0 Å². The maximum atomic E-state index is 11.9. The van der Waals surface area contributed by atoms with Crippen molar-refractivity contribution in [1.29, 1.82) is 0 Å². The van der Waals surface area contributed by atoms with E-state index < -0.39 is 0 Å². The molecule has 152 valence electrons. The number of carbonyl (C=O) groups is 1. The Hall–Kier alpha value is -0.570. The lowest BCUT2D eigenvalue weighted by Crippen LogP contribution is -2.69. The van der Waals surface area contributed by atoms with Crippen molar-refractivity contribution in [3.63, 3.8) is 0 Å². The van der Waals surface area contributed by atoms with E-state index in [0.29, 0.717) is 6.04 Å². The molecule has 2 aliphatic carbocycles. The Morgan fingerprint density at radius 3 is 2.27 bits per heavy atom. The Morgan fingerprint density at radius 2 is 1.77 bits per heavy atom. The van der Waals surface area contributed by atoms with Gasteiger partial charge in [0.05, 0.1) is 5.60 Å². The zero-order valence-electron chi connectivity index (χ0n) is 17.2. The highest BCUT2D eigenvalue weighted by atomic mass is 127. The maximum Gasteiger partial charge on any atom is 0.243 e. The lowest BCUT2D eigenvalue weighted by Gasteiger charge is -2.59. The van der Waals surface area contributed by atoms with Crippen molar-refractivity contribution in [3.05, 3.63) is 0 Å². The van der Waals surface area contributed by atoms with E-state index in [1.165, 1.54) is 32.1 Å². The summed E-state index contributed by atoms with van der Waals surface area (Å²) in [5, 5.41) is 7.12. The van der Waals surface area contributed by atoms with Crippen LogP contribution in [0.3, 0.4) is 0 Å². The quantitative estimate of drug-likeness (QED) is 0.361. The summed E-state index contributed by atoms with van der Waals surface area (Å²) in [5.74, 6) is 0.776. The maximum absolute atomic E-state index is 11.9. The molecule has 0 aliphatic heterocycles. The number of methoxy groups -OCH3 is 1. The van der Waals surface area contributed by atoms with Crippen LogP contribution in [-0.2, 0) is 9.53 Å². The van der Waals surface area contributed by atoms with E-state index in [4.69, 9.17) is 4.74 Å². The monoisotopic (exact) mass is 480 g/mol. The summed E-state index contributed by atoms with van der Waals surface area (Å²) >= 11 is 0. The first kappa shape index (κ1) is 23.5. The summed E-state index contributed by atoms with van der Waals surface area (Å²) in [7, 11) is 5.31. The topological polar surface area (TPSA) is 66.0 Å². The summed E-state index contributed by atoms with van der Waals surface area (Å²) in [6.07, 6.45) is 7.12. The van der Waals surface area contributed by atoms with E-state index in [0.717, 1.165) is 12.4 Å². The number of guanidine groups is 1. The molecule has 0 saturated heterocycles. The molecule has 2 aliphatic rings. The minimum Gasteiger partial charge on any atom is -0.378 e. The number of hydrogen-bond acceptors (Lipinski definition) is 3. The van der Waals surface area contributed by atoms with Crippen molar-refractivity contribution in [2.45, 2.75) is 77.0 Å². The van der Waals surface area contributed by atoms with Crippen LogP contribution in [0, 0.1) is 5.41 Å². The van der Waals surface area contributed by atoms with Crippen LogP contribution in [0.15, 0.2) is 4.99 Å². The fourth-order valence-corrected chi connectivity index (χ4v) is 3.75. The van der Waals surface area contributed by atoms with E-state index in [-0.39, 0.29) is 53.5 Å². The Morgan fingerprint density at radius 1 is 1.15 bits per heavy atom. The fourth-order valence-electron chi connectivity index (χ4n) is 3.75. The van der Waals surface area contributed by atoms with E-state index in [1.807, 2.05) is 0 Å². The normalized spacial score (nSPS) is 28.5. The van der Waals surface area contributed by atoms with Gasteiger partial charge in [-0.05, 0) is 26.2 Å². The van der Waals surface area contributed by atoms with Crippen molar-refractivity contribution in [1.82, 2.24) is 15.5 Å². The number of nitrogens with zero attached hydrogens (tertiary/aromatic N) is 2. The lowest BCUT2D eigenvalue weighted by molar-refractivity contribution is -0.176. The number of likely N-dealkylation sites (N-methyl/N-ethyl adjacent to an activating group) is 1. The first-order chi connectivity index (χ1) is 11.7. The first-order valence-corrected chi connectivity index (χ1v) is 9.52. The van der Waals surface area contributed by atoms with Gasteiger partial charge in [0.2, 0.25) is 5.91 Å². The third-order valence-corrected chi connectivity index (χ3v) is 6.41. The number of carbonyl (C=O) groups excluding carboxylic acids is 1. The summed E-state index contributed by atoms with van der Waals surface area (Å²) in [5.41, 5.74) is -0.123. The highest BCUT2D eigenvalue weighted by Crippen LogP contribution is 2.51. The molecule has 2 fully saturated rings. The number of aliphatic imine (C=N–C) groups is 1. The van der Waals surface area contributed by atoms with Crippen molar-refractivity contribution >= 4 is 35.8 Å². The van der Waals surface area contributed by atoms with Crippen LogP contribution in [0.25, 0.3) is 0 Å². The van der Waals surface area contributed by atoms with E-state index in [9.17, 15) is 4.79 Å². The number of amides is 1. The van der Waals surface area contributed by atoms with Crippen molar-refractivity contribution in [3.8, 4) is 0 Å². The zero-order chi connectivity index (χ0) is 18.7. The molecule has 2 saturated carbocycles. The Labute approximate surface area is 175 Å².